The maximum atomic E-state index is 4.93. The van der Waals surface area contributed by atoms with Crippen LogP contribution >= 0.6 is 0 Å². The molecule has 0 atom stereocenters. The van der Waals surface area contributed by atoms with Crippen LogP contribution in [0.15, 0.2) is 18.2 Å². The van der Waals surface area contributed by atoms with Crippen molar-refractivity contribution in [2.24, 2.45) is 0 Å². The third-order valence-electron chi connectivity index (χ3n) is 4.33. The van der Waals surface area contributed by atoms with Crippen LogP contribution in [-0.4, -0.2) is 30.0 Å². The summed E-state index contributed by atoms with van der Waals surface area (Å²) in [6.45, 7) is 8.53. The predicted molar refractivity (Wildman–Crippen MR) is 88.5 cm³/mol. The van der Waals surface area contributed by atoms with Crippen molar-refractivity contribution in [3.05, 3.63) is 40.6 Å². The van der Waals surface area contributed by atoms with Crippen LogP contribution in [0.2, 0.25) is 0 Å². The van der Waals surface area contributed by atoms with Crippen molar-refractivity contribution in [2.75, 3.05) is 20.1 Å². The summed E-state index contributed by atoms with van der Waals surface area (Å²) in [5.74, 6) is 0. The van der Waals surface area contributed by atoms with Gasteiger partial charge in [-0.25, -0.2) is 0 Å². The lowest BCUT2D eigenvalue weighted by Crippen LogP contribution is -2.29. The van der Waals surface area contributed by atoms with Crippen molar-refractivity contribution in [1.29, 1.82) is 0 Å². The summed E-state index contributed by atoms with van der Waals surface area (Å²) in [6.07, 6.45) is 2.24. The lowest BCUT2D eigenvalue weighted by Gasteiger charge is -2.27. The zero-order valence-corrected chi connectivity index (χ0v) is 13.4. The van der Waals surface area contributed by atoms with Gasteiger partial charge in [0.05, 0.1) is 5.52 Å². The van der Waals surface area contributed by atoms with Gasteiger partial charge in [-0.15, -0.1) is 0 Å². The highest BCUT2D eigenvalue weighted by molar-refractivity contribution is 5.84. The first-order valence-corrected chi connectivity index (χ1v) is 7.99. The fraction of sp³-hybridized carbons (Fsp3) is 0.500. The Morgan fingerprint density at radius 1 is 1.33 bits per heavy atom. The summed E-state index contributed by atoms with van der Waals surface area (Å²) in [6, 6.07) is 6.63. The van der Waals surface area contributed by atoms with Crippen LogP contribution in [-0.2, 0) is 19.5 Å². The predicted octanol–water partition coefficient (Wildman–Crippen LogP) is 3.03. The molecule has 0 fully saturated rings. The Labute approximate surface area is 127 Å². The SMILES string of the molecule is CCCNCc1c2c(nc3ccc(C)cc13)CCN(C)C2. The topological polar surface area (TPSA) is 28.2 Å². The Kier molecular flexibility index (Phi) is 4.22. The van der Waals surface area contributed by atoms with E-state index in [9.17, 15) is 0 Å². The quantitative estimate of drug-likeness (QED) is 0.874. The van der Waals surface area contributed by atoms with Crippen molar-refractivity contribution in [3.63, 3.8) is 0 Å². The van der Waals surface area contributed by atoms with Gasteiger partial charge in [-0.1, -0.05) is 18.6 Å². The van der Waals surface area contributed by atoms with Gasteiger partial charge in [0.2, 0.25) is 0 Å². The molecule has 0 unspecified atom stereocenters. The third kappa shape index (κ3) is 2.94. The van der Waals surface area contributed by atoms with Gasteiger partial charge in [0.1, 0.15) is 0 Å². The van der Waals surface area contributed by atoms with Crippen molar-refractivity contribution in [2.45, 2.75) is 39.8 Å². The summed E-state index contributed by atoms with van der Waals surface area (Å²) in [5.41, 5.74) is 6.67. The number of rotatable bonds is 4. The maximum Gasteiger partial charge on any atom is 0.0708 e. The molecule has 1 N–H and O–H groups in total. The van der Waals surface area contributed by atoms with E-state index in [1.54, 1.807) is 0 Å². The standard InChI is InChI=1S/C18H25N3/c1-4-8-19-11-15-14-10-13(2)5-6-17(14)20-18-7-9-21(3)12-16(15)18/h5-6,10,19H,4,7-9,11-12H2,1-3H3. The summed E-state index contributed by atoms with van der Waals surface area (Å²) in [5, 5.41) is 4.91. The fourth-order valence-corrected chi connectivity index (χ4v) is 3.17. The number of nitrogens with one attached hydrogen (secondary N) is 1. The number of hydrogen-bond donors (Lipinski definition) is 1. The second-order valence-corrected chi connectivity index (χ2v) is 6.20. The van der Waals surface area contributed by atoms with E-state index in [0.29, 0.717) is 0 Å². The van der Waals surface area contributed by atoms with Crippen LogP contribution in [0, 0.1) is 6.92 Å². The van der Waals surface area contributed by atoms with E-state index in [2.05, 4.69) is 49.3 Å². The van der Waals surface area contributed by atoms with Crippen LogP contribution < -0.4 is 5.32 Å². The van der Waals surface area contributed by atoms with E-state index in [4.69, 9.17) is 4.98 Å². The number of aryl methyl sites for hydroxylation is 1. The Morgan fingerprint density at radius 3 is 3.00 bits per heavy atom. The molecule has 1 aliphatic rings. The number of fused-ring (bicyclic) bond motifs is 2. The summed E-state index contributed by atoms with van der Waals surface area (Å²) in [4.78, 5) is 7.32. The molecular formula is C18H25N3. The highest BCUT2D eigenvalue weighted by Crippen LogP contribution is 2.28. The molecule has 0 saturated carbocycles. The monoisotopic (exact) mass is 283 g/mol. The summed E-state index contributed by atoms with van der Waals surface area (Å²) in [7, 11) is 2.20. The summed E-state index contributed by atoms with van der Waals surface area (Å²) >= 11 is 0. The molecule has 3 nitrogen and oxygen atoms in total. The van der Waals surface area contributed by atoms with E-state index >= 15 is 0 Å². The molecule has 3 heteroatoms. The van der Waals surface area contributed by atoms with E-state index in [1.165, 1.54) is 34.2 Å². The van der Waals surface area contributed by atoms with Gasteiger partial charge >= 0.3 is 0 Å². The molecule has 3 rings (SSSR count). The number of benzene rings is 1. The normalized spacial score (nSPS) is 15.4. The van der Waals surface area contributed by atoms with Gasteiger partial charge in [-0.2, -0.15) is 0 Å². The molecule has 1 aromatic heterocycles. The number of hydrogen-bond acceptors (Lipinski definition) is 3. The van der Waals surface area contributed by atoms with Crippen LogP contribution in [0.3, 0.4) is 0 Å². The number of likely N-dealkylation sites (N-methyl/N-ethyl adjacent to an activating group) is 1. The van der Waals surface area contributed by atoms with E-state index in [-0.39, 0.29) is 0 Å². The van der Waals surface area contributed by atoms with Crippen molar-refractivity contribution in [3.8, 4) is 0 Å². The minimum Gasteiger partial charge on any atom is -0.313 e. The average Bonchev–Trinajstić information content (AvgIpc) is 2.47. The lowest BCUT2D eigenvalue weighted by atomic mass is 9.95. The first-order chi connectivity index (χ1) is 10.2. The third-order valence-corrected chi connectivity index (χ3v) is 4.33. The Balaban J connectivity index is 2.12. The van der Waals surface area contributed by atoms with Crippen molar-refractivity contribution < 1.29 is 0 Å². The highest BCUT2D eigenvalue weighted by Gasteiger charge is 2.20. The Morgan fingerprint density at radius 2 is 2.19 bits per heavy atom. The highest BCUT2D eigenvalue weighted by atomic mass is 15.1. The molecule has 0 amide bonds. The van der Waals surface area contributed by atoms with Gasteiger partial charge in [0.15, 0.2) is 0 Å². The van der Waals surface area contributed by atoms with Crippen molar-refractivity contribution >= 4 is 10.9 Å². The first kappa shape index (κ1) is 14.5. The number of aromatic nitrogens is 1. The number of pyridine rings is 1. The van der Waals surface area contributed by atoms with Crippen molar-refractivity contribution in [1.82, 2.24) is 15.2 Å². The molecule has 2 aromatic rings. The molecule has 1 aliphatic heterocycles. The molecule has 0 aliphatic carbocycles. The molecule has 0 saturated heterocycles. The van der Waals surface area contributed by atoms with E-state index in [0.717, 1.165) is 38.1 Å². The molecule has 2 heterocycles. The molecule has 112 valence electrons. The average molecular weight is 283 g/mol. The fourth-order valence-electron chi connectivity index (χ4n) is 3.17. The minimum absolute atomic E-state index is 0.951. The van der Waals surface area contributed by atoms with Crippen LogP contribution in [0.1, 0.15) is 35.7 Å². The van der Waals surface area contributed by atoms with Gasteiger partial charge in [-0.05, 0) is 50.2 Å². The van der Waals surface area contributed by atoms with Gasteiger partial charge in [0, 0.05) is 37.1 Å². The van der Waals surface area contributed by atoms with E-state index in [1.807, 2.05) is 0 Å². The maximum absolute atomic E-state index is 4.93. The van der Waals surface area contributed by atoms with Gasteiger partial charge in [-0.3, -0.25) is 4.98 Å². The molecular weight excluding hydrogens is 258 g/mol. The lowest BCUT2D eigenvalue weighted by molar-refractivity contribution is 0.308. The molecule has 21 heavy (non-hydrogen) atoms. The van der Waals surface area contributed by atoms with E-state index < -0.39 is 0 Å². The molecule has 1 aromatic carbocycles. The molecule has 0 bridgehead atoms. The van der Waals surface area contributed by atoms with Crippen LogP contribution in [0.5, 0.6) is 0 Å². The zero-order valence-electron chi connectivity index (χ0n) is 13.4. The largest absolute Gasteiger partial charge is 0.313 e. The minimum atomic E-state index is 0.951. The van der Waals surface area contributed by atoms with Gasteiger partial charge in [0.25, 0.3) is 0 Å². The smallest absolute Gasteiger partial charge is 0.0708 e. The summed E-state index contributed by atoms with van der Waals surface area (Å²) < 4.78 is 0. The molecule has 0 spiro atoms. The molecule has 0 radical (unpaired) electrons. The first-order valence-electron chi connectivity index (χ1n) is 7.99. The Hall–Kier alpha value is -1.45. The Bertz CT molecular complexity index is 648. The zero-order chi connectivity index (χ0) is 14.8. The number of nitrogens with zero attached hydrogens (tertiary/aromatic N) is 2. The second kappa shape index (κ2) is 6.12. The van der Waals surface area contributed by atoms with Crippen LogP contribution in [0.4, 0.5) is 0 Å². The second-order valence-electron chi connectivity index (χ2n) is 6.20. The van der Waals surface area contributed by atoms with Crippen LogP contribution in [0.25, 0.3) is 10.9 Å². The van der Waals surface area contributed by atoms with Gasteiger partial charge < -0.3 is 10.2 Å².